The number of benzene rings is 1. The Bertz CT molecular complexity index is 571. The van der Waals surface area contributed by atoms with Gasteiger partial charge in [-0.1, -0.05) is 24.3 Å². The molecule has 1 amide bonds. The lowest BCUT2D eigenvalue weighted by Crippen LogP contribution is -2.48. The lowest BCUT2D eigenvalue weighted by Gasteiger charge is -2.25. The lowest BCUT2D eigenvalue weighted by atomic mass is 9.95. The number of carbonyl (C=O) groups is 1. The van der Waals surface area contributed by atoms with Crippen LogP contribution in [0.25, 0.3) is 0 Å². The number of hydrogen-bond donors (Lipinski definition) is 3. The van der Waals surface area contributed by atoms with Gasteiger partial charge in [-0.3, -0.25) is 4.79 Å². The number of nitrogens with two attached hydrogens (primary N) is 1. The molecule has 0 radical (unpaired) electrons. The Balaban J connectivity index is 1.89. The van der Waals surface area contributed by atoms with E-state index in [0.717, 1.165) is 5.56 Å². The first kappa shape index (κ1) is 14.0. The Kier molecular flexibility index (Phi) is 4.18. The van der Waals surface area contributed by atoms with Crippen molar-refractivity contribution < 1.29 is 13.2 Å². The lowest BCUT2D eigenvalue weighted by molar-refractivity contribution is -0.123. The van der Waals surface area contributed by atoms with Gasteiger partial charge >= 0.3 is 0 Å². The van der Waals surface area contributed by atoms with Crippen LogP contribution in [0.2, 0.25) is 0 Å². The van der Waals surface area contributed by atoms with Crippen LogP contribution in [0.4, 0.5) is 0 Å². The van der Waals surface area contributed by atoms with Crippen molar-refractivity contribution in [2.45, 2.75) is 19.0 Å². The fraction of sp³-hybridized carbons (Fsp3) is 0.417. The van der Waals surface area contributed by atoms with Gasteiger partial charge in [0.1, 0.15) is 0 Å². The van der Waals surface area contributed by atoms with Crippen molar-refractivity contribution in [1.82, 2.24) is 10.6 Å². The largest absolute Gasteiger partial charge is 0.354 e. The first-order chi connectivity index (χ1) is 8.96. The topological polar surface area (TPSA) is 101 Å². The van der Waals surface area contributed by atoms with E-state index < -0.39 is 10.0 Å². The van der Waals surface area contributed by atoms with Crippen LogP contribution in [0, 0.1) is 0 Å². The van der Waals surface area contributed by atoms with Gasteiger partial charge in [0.25, 0.3) is 0 Å². The molecule has 1 aliphatic heterocycles. The first-order valence-electron chi connectivity index (χ1n) is 6.04. The highest BCUT2D eigenvalue weighted by molar-refractivity contribution is 7.89. The summed E-state index contributed by atoms with van der Waals surface area (Å²) in [4.78, 5) is 11.9. The van der Waals surface area contributed by atoms with Gasteiger partial charge in [-0.2, -0.15) is 0 Å². The van der Waals surface area contributed by atoms with Crippen LogP contribution in [-0.4, -0.2) is 32.7 Å². The molecule has 104 valence electrons. The van der Waals surface area contributed by atoms with Gasteiger partial charge in [0, 0.05) is 13.1 Å². The minimum absolute atomic E-state index is 0.0392. The average Bonchev–Trinajstić information content (AvgIpc) is 2.36. The summed E-state index contributed by atoms with van der Waals surface area (Å²) in [5, 5.41) is 10.6. The molecule has 7 heteroatoms. The molecule has 0 aromatic heterocycles. The van der Waals surface area contributed by atoms with Crippen molar-refractivity contribution in [3.05, 3.63) is 35.4 Å². The number of sulfonamides is 1. The van der Waals surface area contributed by atoms with E-state index in [1.807, 2.05) is 24.3 Å². The normalized spacial score (nSPS) is 18.7. The zero-order chi connectivity index (χ0) is 13.9. The van der Waals surface area contributed by atoms with Crippen molar-refractivity contribution in [3.8, 4) is 0 Å². The first-order valence-corrected chi connectivity index (χ1v) is 7.75. The van der Waals surface area contributed by atoms with Crippen molar-refractivity contribution in [2.75, 3.05) is 12.3 Å². The third-order valence-electron chi connectivity index (χ3n) is 3.08. The third kappa shape index (κ3) is 4.02. The summed E-state index contributed by atoms with van der Waals surface area (Å²) in [5.41, 5.74) is 2.34. The molecule has 0 spiro atoms. The van der Waals surface area contributed by atoms with Gasteiger partial charge < -0.3 is 10.6 Å². The van der Waals surface area contributed by atoms with Crippen LogP contribution >= 0.6 is 0 Å². The van der Waals surface area contributed by atoms with Gasteiger partial charge in [0.15, 0.2) is 0 Å². The molecule has 0 saturated heterocycles. The van der Waals surface area contributed by atoms with Crippen LogP contribution in [0.1, 0.15) is 11.1 Å². The van der Waals surface area contributed by atoms with Crippen molar-refractivity contribution in [2.24, 2.45) is 5.14 Å². The Labute approximate surface area is 112 Å². The van der Waals surface area contributed by atoms with E-state index >= 15 is 0 Å². The molecule has 4 N–H and O–H groups in total. The fourth-order valence-corrected chi connectivity index (χ4v) is 2.47. The quantitative estimate of drug-likeness (QED) is 0.667. The van der Waals surface area contributed by atoms with Crippen LogP contribution < -0.4 is 15.8 Å². The minimum atomic E-state index is -3.53. The van der Waals surface area contributed by atoms with Crippen LogP contribution in [-0.2, 0) is 27.8 Å². The summed E-state index contributed by atoms with van der Waals surface area (Å²) in [6, 6.07) is 7.61. The van der Waals surface area contributed by atoms with E-state index in [-0.39, 0.29) is 24.2 Å². The molecule has 1 aliphatic rings. The maximum atomic E-state index is 11.9. The summed E-state index contributed by atoms with van der Waals surface area (Å²) in [7, 11) is -3.53. The predicted molar refractivity (Wildman–Crippen MR) is 71.8 cm³/mol. The molecule has 1 aromatic carbocycles. The van der Waals surface area contributed by atoms with Gasteiger partial charge in [0.05, 0.1) is 11.8 Å². The summed E-state index contributed by atoms with van der Waals surface area (Å²) in [5.74, 6) is -0.444. The monoisotopic (exact) mass is 283 g/mol. The van der Waals surface area contributed by atoms with Crippen LogP contribution in [0.15, 0.2) is 24.3 Å². The zero-order valence-electron chi connectivity index (χ0n) is 10.4. The number of fused-ring (bicyclic) bond motifs is 1. The molecule has 1 atom stereocenters. The molecule has 1 aromatic rings. The Morgan fingerprint density at radius 2 is 2.05 bits per heavy atom. The van der Waals surface area contributed by atoms with E-state index in [1.165, 1.54) is 5.56 Å². The Hall–Kier alpha value is -1.44. The second-order valence-electron chi connectivity index (χ2n) is 4.56. The van der Waals surface area contributed by atoms with E-state index in [4.69, 9.17) is 5.14 Å². The number of nitrogens with one attached hydrogen (secondary N) is 2. The molecule has 19 heavy (non-hydrogen) atoms. The maximum absolute atomic E-state index is 11.9. The molecule has 0 fully saturated rings. The molecule has 0 aliphatic carbocycles. The Morgan fingerprint density at radius 3 is 2.74 bits per heavy atom. The minimum Gasteiger partial charge on any atom is -0.354 e. The van der Waals surface area contributed by atoms with Gasteiger partial charge in [-0.25, -0.2) is 13.6 Å². The molecular weight excluding hydrogens is 266 g/mol. The summed E-state index contributed by atoms with van der Waals surface area (Å²) in [6.45, 7) is 0.681. The van der Waals surface area contributed by atoms with E-state index in [2.05, 4.69) is 10.6 Å². The van der Waals surface area contributed by atoms with Gasteiger partial charge in [-0.15, -0.1) is 0 Å². The molecule has 0 bridgehead atoms. The predicted octanol–water partition coefficient (Wildman–Crippen LogP) is -0.894. The number of rotatable bonds is 4. The van der Waals surface area contributed by atoms with Crippen LogP contribution in [0.5, 0.6) is 0 Å². The SMILES string of the molecule is NS(=O)(=O)CCNC(=O)C1Cc2ccccc2CN1. The summed E-state index contributed by atoms with van der Waals surface area (Å²) in [6.07, 6.45) is 0.609. The molecule has 2 rings (SSSR count). The van der Waals surface area contributed by atoms with Crippen LogP contribution in [0.3, 0.4) is 0 Å². The van der Waals surface area contributed by atoms with Crippen molar-refractivity contribution in [3.63, 3.8) is 0 Å². The van der Waals surface area contributed by atoms with Crippen molar-refractivity contribution in [1.29, 1.82) is 0 Å². The molecule has 1 heterocycles. The number of primary sulfonamides is 1. The summed E-state index contributed by atoms with van der Waals surface area (Å²) >= 11 is 0. The molecular formula is C12H17N3O3S. The highest BCUT2D eigenvalue weighted by atomic mass is 32.2. The second kappa shape index (κ2) is 5.68. The van der Waals surface area contributed by atoms with Gasteiger partial charge in [0.2, 0.25) is 15.9 Å². The highest BCUT2D eigenvalue weighted by Gasteiger charge is 2.23. The molecule has 6 nitrogen and oxygen atoms in total. The second-order valence-corrected chi connectivity index (χ2v) is 6.30. The zero-order valence-corrected chi connectivity index (χ0v) is 11.2. The third-order valence-corrected chi connectivity index (χ3v) is 3.86. The standard InChI is InChI=1S/C12H17N3O3S/c13-19(17,18)6-5-14-12(16)11-7-9-3-1-2-4-10(9)8-15-11/h1-4,11,15H,5-8H2,(H,14,16)(H2,13,17,18). The highest BCUT2D eigenvalue weighted by Crippen LogP contribution is 2.16. The Morgan fingerprint density at radius 1 is 1.37 bits per heavy atom. The van der Waals surface area contributed by atoms with Crippen molar-refractivity contribution >= 4 is 15.9 Å². The average molecular weight is 283 g/mol. The van der Waals surface area contributed by atoms with E-state index in [9.17, 15) is 13.2 Å². The smallest absolute Gasteiger partial charge is 0.237 e. The van der Waals surface area contributed by atoms with E-state index in [1.54, 1.807) is 0 Å². The fourth-order valence-electron chi connectivity index (χ4n) is 2.08. The number of hydrogen-bond acceptors (Lipinski definition) is 4. The maximum Gasteiger partial charge on any atom is 0.237 e. The van der Waals surface area contributed by atoms with E-state index in [0.29, 0.717) is 13.0 Å². The van der Waals surface area contributed by atoms with Gasteiger partial charge in [-0.05, 0) is 17.5 Å². The molecule has 1 unspecified atom stereocenters. The number of carbonyl (C=O) groups excluding carboxylic acids is 1. The molecule has 0 saturated carbocycles. The number of amides is 1. The summed E-state index contributed by atoms with van der Waals surface area (Å²) < 4.78 is 21.5.